The molecule has 5 rings (SSSR count). The normalized spacial score (nSPS) is 19.0. The number of imide groups is 1. The molecule has 1 aliphatic heterocycles. The fourth-order valence-corrected chi connectivity index (χ4v) is 4.64. The summed E-state index contributed by atoms with van der Waals surface area (Å²) in [6, 6.07) is 27.4. The minimum Gasteiger partial charge on any atom is -0.267 e. The summed E-state index contributed by atoms with van der Waals surface area (Å²) in [6.07, 6.45) is 2.59. The van der Waals surface area contributed by atoms with Crippen LogP contribution in [0, 0.1) is 0 Å². The largest absolute Gasteiger partial charge is 0.282 e. The lowest BCUT2D eigenvalue weighted by Crippen LogP contribution is -2.36. The first-order valence-corrected chi connectivity index (χ1v) is 9.88. The van der Waals surface area contributed by atoms with Crippen molar-refractivity contribution < 1.29 is 9.59 Å². The zero-order valence-electron chi connectivity index (χ0n) is 15.9. The molecule has 1 saturated carbocycles. The van der Waals surface area contributed by atoms with Gasteiger partial charge in [0.15, 0.2) is 0 Å². The molecule has 3 aromatic rings. The van der Waals surface area contributed by atoms with Crippen molar-refractivity contribution in [1.82, 2.24) is 5.01 Å². The molecule has 0 aromatic heterocycles. The van der Waals surface area contributed by atoms with Crippen LogP contribution >= 0.6 is 0 Å². The number of carbonyl (C=O) groups is 2. The van der Waals surface area contributed by atoms with Crippen LogP contribution in [-0.2, 0) is 5.41 Å². The van der Waals surface area contributed by atoms with Crippen LogP contribution in [0.4, 0.5) is 0 Å². The second-order valence-electron chi connectivity index (χ2n) is 7.51. The Labute approximate surface area is 169 Å². The second-order valence-corrected chi connectivity index (χ2v) is 7.51. The van der Waals surface area contributed by atoms with Gasteiger partial charge < -0.3 is 0 Å². The number of fused-ring (bicyclic) bond motifs is 1. The van der Waals surface area contributed by atoms with Crippen LogP contribution in [0.2, 0.25) is 0 Å². The molecule has 3 aromatic carbocycles. The molecular formula is C25H20N2O2. The summed E-state index contributed by atoms with van der Waals surface area (Å²) in [6.45, 7) is 0. The number of hydrazone groups is 1. The standard InChI is InChI=1S/C25H20N2O2/c28-23-20-14-7-8-15-21(20)24(29)27(23)26-22-16-9-17-25(22,18-10-3-1-4-11-18)19-12-5-2-6-13-19/h1-8,10-15H,9,16-17H2/b26-22+. The van der Waals surface area contributed by atoms with Crippen molar-refractivity contribution in [3.05, 3.63) is 107 Å². The SMILES string of the molecule is O=C1c2ccccc2C(=O)N1/N=C1\CCCC1(c1ccccc1)c1ccccc1. The molecule has 1 heterocycles. The van der Waals surface area contributed by atoms with Crippen molar-refractivity contribution in [2.45, 2.75) is 24.7 Å². The molecule has 0 N–H and O–H groups in total. The van der Waals surface area contributed by atoms with E-state index >= 15 is 0 Å². The molecule has 4 heteroatoms. The third-order valence-electron chi connectivity index (χ3n) is 5.98. The highest BCUT2D eigenvalue weighted by Gasteiger charge is 2.45. The van der Waals surface area contributed by atoms with Crippen LogP contribution in [0.1, 0.15) is 51.1 Å². The van der Waals surface area contributed by atoms with Gasteiger partial charge in [0.25, 0.3) is 11.8 Å². The van der Waals surface area contributed by atoms with Gasteiger partial charge in [-0.2, -0.15) is 10.1 Å². The zero-order chi connectivity index (χ0) is 19.8. The molecule has 0 unspecified atom stereocenters. The average Bonchev–Trinajstić information content (AvgIpc) is 3.31. The fraction of sp³-hybridized carbons (Fsp3) is 0.160. The van der Waals surface area contributed by atoms with Gasteiger partial charge in [-0.25, -0.2) is 0 Å². The van der Waals surface area contributed by atoms with Gasteiger partial charge in [0.05, 0.1) is 22.3 Å². The van der Waals surface area contributed by atoms with Crippen LogP contribution in [0.25, 0.3) is 0 Å². The van der Waals surface area contributed by atoms with Gasteiger partial charge in [0, 0.05) is 0 Å². The van der Waals surface area contributed by atoms with E-state index in [1.807, 2.05) is 36.4 Å². The van der Waals surface area contributed by atoms with Crippen molar-refractivity contribution in [3.63, 3.8) is 0 Å². The number of nitrogens with zero attached hydrogens (tertiary/aromatic N) is 2. The van der Waals surface area contributed by atoms with E-state index in [2.05, 4.69) is 24.3 Å². The lowest BCUT2D eigenvalue weighted by atomic mass is 9.72. The van der Waals surface area contributed by atoms with Gasteiger partial charge in [0.2, 0.25) is 0 Å². The Morgan fingerprint density at radius 2 is 1.17 bits per heavy atom. The maximum atomic E-state index is 12.9. The molecule has 0 radical (unpaired) electrons. The van der Waals surface area contributed by atoms with E-state index in [1.165, 1.54) is 0 Å². The van der Waals surface area contributed by atoms with Crippen molar-refractivity contribution in [2.75, 3.05) is 0 Å². The number of carbonyl (C=O) groups excluding carboxylic acids is 2. The molecule has 4 nitrogen and oxygen atoms in total. The van der Waals surface area contributed by atoms with Crippen molar-refractivity contribution in [2.24, 2.45) is 5.10 Å². The highest BCUT2D eigenvalue weighted by atomic mass is 16.2. The molecule has 0 bridgehead atoms. The number of hydrogen-bond acceptors (Lipinski definition) is 3. The second kappa shape index (κ2) is 6.82. The number of benzene rings is 3. The summed E-state index contributed by atoms with van der Waals surface area (Å²) in [5.41, 5.74) is 3.55. The average molecular weight is 380 g/mol. The third kappa shape index (κ3) is 2.64. The van der Waals surface area contributed by atoms with Crippen LogP contribution in [-0.4, -0.2) is 22.5 Å². The Morgan fingerprint density at radius 1 is 0.690 bits per heavy atom. The minimum atomic E-state index is -0.433. The predicted molar refractivity (Wildman–Crippen MR) is 112 cm³/mol. The number of amides is 2. The van der Waals surface area contributed by atoms with E-state index in [0.29, 0.717) is 11.1 Å². The molecule has 29 heavy (non-hydrogen) atoms. The van der Waals surface area contributed by atoms with Crippen molar-refractivity contribution in [1.29, 1.82) is 0 Å². The third-order valence-corrected chi connectivity index (χ3v) is 5.98. The summed E-state index contributed by atoms with van der Waals surface area (Å²) in [5.74, 6) is -0.694. The highest BCUT2D eigenvalue weighted by molar-refractivity contribution is 6.21. The molecule has 2 aliphatic rings. The van der Waals surface area contributed by atoms with Crippen LogP contribution in [0.3, 0.4) is 0 Å². The van der Waals surface area contributed by atoms with Gasteiger partial charge in [-0.1, -0.05) is 72.8 Å². The topological polar surface area (TPSA) is 49.7 Å². The van der Waals surface area contributed by atoms with Crippen molar-refractivity contribution in [3.8, 4) is 0 Å². The number of hydrogen-bond donors (Lipinski definition) is 0. The first-order chi connectivity index (χ1) is 14.2. The summed E-state index contributed by atoms with van der Waals surface area (Å²) in [5, 5.41) is 5.77. The molecule has 0 saturated heterocycles. The Kier molecular flexibility index (Phi) is 4.13. The summed E-state index contributed by atoms with van der Waals surface area (Å²) >= 11 is 0. The number of rotatable bonds is 3. The smallest absolute Gasteiger partial charge is 0.267 e. The molecule has 0 spiro atoms. The van der Waals surface area contributed by atoms with Gasteiger partial charge in [0.1, 0.15) is 0 Å². The Bertz CT molecular complexity index is 1050. The van der Waals surface area contributed by atoms with Crippen LogP contribution < -0.4 is 0 Å². The van der Waals surface area contributed by atoms with Gasteiger partial charge in [-0.15, -0.1) is 0 Å². The Hall–Kier alpha value is -3.53. The zero-order valence-corrected chi connectivity index (χ0v) is 15.9. The van der Waals surface area contributed by atoms with Crippen molar-refractivity contribution >= 4 is 17.5 Å². The molecular weight excluding hydrogens is 360 g/mol. The van der Waals surface area contributed by atoms with Gasteiger partial charge in [-0.05, 0) is 42.5 Å². The van der Waals surface area contributed by atoms with Gasteiger partial charge in [-0.3, -0.25) is 9.59 Å². The van der Waals surface area contributed by atoms with E-state index in [9.17, 15) is 9.59 Å². The first kappa shape index (κ1) is 17.6. The molecule has 0 atom stereocenters. The maximum Gasteiger partial charge on any atom is 0.282 e. The van der Waals surface area contributed by atoms with E-state index in [4.69, 9.17) is 5.10 Å². The Balaban J connectivity index is 1.66. The lowest BCUT2D eigenvalue weighted by molar-refractivity contribution is 0.0657. The van der Waals surface area contributed by atoms with Crippen LogP contribution in [0.15, 0.2) is 90.0 Å². The maximum absolute atomic E-state index is 12.9. The fourth-order valence-electron chi connectivity index (χ4n) is 4.64. The van der Waals surface area contributed by atoms with E-state index < -0.39 is 5.41 Å². The summed E-state index contributed by atoms with van der Waals surface area (Å²) in [4.78, 5) is 25.8. The lowest BCUT2D eigenvalue weighted by Gasteiger charge is -2.32. The molecule has 142 valence electrons. The molecule has 2 amide bonds. The quantitative estimate of drug-likeness (QED) is 0.612. The summed E-state index contributed by atoms with van der Waals surface area (Å²) in [7, 11) is 0. The van der Waals surface area contributed by atoms with Crippen LogP contribution in [0.5, 0.6) is 0 Å². The molecule has 1 aliphatic carbocycles. The highest BCUT2D eigenvalue weighted by Crippen LogP contribution is 2.45. The Morgan fingerprint density at radius 3 is 1.69 bits per heavy atom. The predicted octanol–water partition coefficient (Wildman–Crippen LogP) is 4.81. The van der Waals surface area contributed by atoms with Gasteiger partial charge >= 0.3 is 0 Å². The van der Waals surface area contributed by atoms with E-state index in [1.54, 1.807) is 24.3 Å². The summed E-state index contributed by atoms with van der Waals surface area (Å²) < 4.78 is 0. The van der Waals surface area contributed by atoms with E-state index in [-0.39, 0.29) is 11.8 Å². The minimum absolute atomic E-state index is 0.347. The first-order valence-electron chi connectivity index (χ1n) is 9.88. The monoisotopic (exact) mass is 380 g/mol. The molecule has 1 fully saturated rings. The van der Waals surface area contributed by atoms with E-state index in [0.717, 1.165) is 41.1 Å².